The number of hydrogen-bond acceptors (Lipinski definition) is 2. The topological polar surface area (TPSA) is 35.1 Å². The van der Waals surface area contributed by atoms with Crippen molar-refractivity contribution in [3.8, 4) is 0 Å². The van der Waals surface area contributed by atoms with E-state index in [0.29, 0.717) is 0 Å². The van der Waals surface area contributed by atoms with E-state index in [0.717, 1.165) is 5.52 Å². The number of pyridine rings is 1. The van der Waals surface area contributed by atoms with Crippen LogP contribution in [-0.2, 0) is 7.05 Å². The van der Waals surface area contributed by atoms with Gasteiger partial charge in [-0.3, -0.25) is 0 Å². The number of para-hydroxylation sites is 1. The quantitative estimate of drug-likeness (QED) is 0.458. The molecule has 0 N–H and O–H groups in total. The summed E-state index contributed by atoms with van der Waals surface area (Å²) in [6.45, 7) is 0. The van der Waals surface area contributed by atoms with E-state index in [1.165, 1.54) is 21.8 Å². The molecule has 17 heavy (non-hydrogen) atoms. The van der Waals surface area contributed by atoms with Gasteiger partial charge in [-0.25, -0.2) is 4.52 Å². The fourth-order valence-electron chi connectivity index (χ4n) is 2.57. The second-order valence-corrected chi connectivity index (χ2v) is 4.22. The van der Waals surface area contributed by atoms with E-state index < -0.39 is 0 Å². The van der Waals surface area contributed by atoms with Crippen molar-refractivity contribution in [1.29, 1.82) is 0 Å². The number of fused-ring (bicyclic) bond motifs is 5. The van der Waals surface area contributed by atoms with Crippen molar-refractivity contribution in [1.82, 2.24) is 19.4 Å². The highest BCUT2D eigenvalue weighted by atomic mass is 15.4. The van der Waals surface area contributed by atoms with E-state index in [2.05, 4.69) is 52.3 Å². The molecule has 1 aromatic carbocycles. The van der Waals surface area contributed by atoms with Gasteiger partial charge in [0.2, 0.25) is 0 Å². The normalized spacial score (nSPS) is 11.8. The van der Waals surface area contributed by atoms with Crippen LogP contribution in [0.15, 0.2) is 42.7 Å². The molecule has 3 aromatic heterocycles. The van der Waals surface area contributed by atoms with Crippen LogP contribution in [-0.4, -0.2) is 19.4 Å². The molecule has 82 valence electrons. The van der Waals surface area contributed by atoms with Gasteiger partial charge in [-0.2, -0.15) is 0 Å². The maximum Gasteiger partial charge on any atom is 0.111 e. The maximum atomic E-state index is 4.03. The molecule has 4 nitrogen and oxygen atoms in total. The average molecular weight is 222 g/mol. The predicted molar refractivity (Wildman–Crippen MR) is 67.0 cm³/mol. The van der Waals surface area contributed by atoms with Crippen molar-refractivity contribution in [2.24, 2.45) is 7.05 Å². The van der Waals surface area contributed by atoms with Gasteiger partial charge in [0.05, 0.1) is 11.7 Å². The van der Waals surface area contributed by atoms with Crippen molar-refractivity contribution in [3.05, 3.63) is 42.7 Å². The third-order valence-corrected chi connectivity index (χ3v) is 3.35. The lowest BCUT2D eigenvalue weighted by Gasteiger charge is -1.98. The van der Waals surface area contributed by atoms with Gasteiger partial charge in [-0.1, -0.05) is 23.4 Å². The van der Waals surface area contributed by atoms with Crippen molar-refractivity contribution >= 4 is 27.3 Å². The zero-order valence-electron chi connectivity index (χ0n) is 9.33. The van der Waals surface area contributed by atoms with Crippen molar-refractivity contribution in [2.45, 2.75) is 0 Å². The Morgan fingerprint density at radius 3 is 2.82 bits per heavy atom. The Morgan fingerprint density at radius 1 is 1.00 bits per heavy atom. The van der Waals surface area contributed by atoms with Gasteiger partial charge in [-0.05, 0) is 12.1 Å². The van der Waals surface area contributed by atoms with Gasteiger partial charge in [0.25, 0.3) is 0 Å². The van der Waals surface area contributed by atoms with Crippen LogP contribution in [0.2, 0.25) is 0 Å². The Morgan fingerprint density at radius 2 is 1.88 bits per heavy atom. The third kappa shape index (κ3) is 0.970. The van der Waals surface area contributed by atoms with E-state index in [1.807, 2.05) is 6.20 Å². The molecule has 0 saturated carbocycles. The molecular weight excluding hydrogens is 212 g/mol. The summed E-state index contributed by atoms with van der Waals surface area (Å²) in [5.74, 6) is 0. The summed E-state index contributed by atoms with van der Waals surface area (Å²) in [6.07, 6.45) is 3.76. The van der Waals surface area contributed by atoms with Crippen LogP contribution in [0.5, 0.6) is 0 Å². The van der Waals surface area contributed by atoms with Crippen LogP contribution in [0.1, 0.15) is 0 Å². The summed E-state index contributed by atoms with van der Waals surface area (Å²) >= 11 is 0. The van der Waals surface area contributed by atoms with Crippen molar-refractivity contribution < 1.29 is 0 Å². The average Bonchev–Trinajstić information content (AvgIpc) is 2.93. The molecule has 0 amide bonds. The van der Waals surface area contributed by atoms with Gasteiger partial charge in [-0.15, -0.1) is 5.10 Å². The smallest absolute Gasteiger partial charge is 0.111 e. The Labute approximate surface area is 97.1 Å². The highest BCUT2D eigenvalue weighted by molar-refractivity contribution is 6.12. The summed E-state index contributed by atoms with van der Waals surface area (Å²) in [6, 6.07) is 10.5. The number of aromatic nitrogens is 4. The molecule has 0 radical (unpaired) electrons. The fraction of sp³-hybridized carbons (Fsp3) is 0.0769. The molecule has 0 spiro atoms. The Kier molecular flexibility index (Phi) is 1.47. The zero-order chi connectivity index (χ0) is 11.4. The monoisotopic (exact) mass is 222 g/mol. The van der Waals surface area contributed by atoms with Crippen LogP contribution in [0, 0.1) is 0 Å². The lowest BCUT2D eigenvalue weighted by Crippen LogP contribution is -1.91. The first-order valence-corrected chi connectivity index (χ1v) is 5.52. The van der Waals surface area contributed by atoms with E-state index >= 15 is 0 Å². The minimum atomic E-state index is 1.04. The number of aryl methyl sites for hydroxylation is 1. The SMILES string of the molecule is Cn1c2ccccc2c2ccn3nncc3c21. The van der Waals surface area contributed by atoms with Crippen LogP contribution < -0.4 is 0 Å². The van der Waals surface area contributed by atoms with Crippen LogP contribution in [0.4, 0.5) is 0 Å². The van der Waals surface area contributed by atoms with Gasteiger partial charge in [0.1, 0.15) is 5.52 Å². The predicted octanol–water partition coefficient (Wildman–Crippen LogP) is 2.37. The Hall–Kier alpha value is -2.36. The number of hydrogen-bond donors (Lipinski definition) is 0. The summed E-state index contributed by atoms with van der Waals surface area (Å²) in [5.41, 5.74) is 3.46. The first kappa shape index (κ1) is 8.75. The van der Waals surface area contributed by atoms with Crippen molar-refractivity contribution in [3.63, 3.8) is 0 Å². The first-order chi connectivity index (χ1) is 8.36. The van der Waals surface area contributed by atoms with Crippen LogP contribution >= 0.6 is 0 Å². The highest BCUT2D eigenvalue weighted by Gasteiger charge is 2.11. The molecule has 0 aliphatic carbocycles. The van der Waals surface area contributed by atoms with E-state index in [1.54, 1.807) is 10.7 Å². The first-order valence-electron chi connectivity index (χ1n) is 5.52. The summed E-state index contributed by atoms with van der Waals surface area (Å²) < 4.78 is 4.00. The van der Waals surface area contributed by atoms with Gasteiger partial charge < -0.3 is 4.57 Å². The zero-order valence-corrected chi connectivity index (χ0v) is 9.33. The highest BCUT2D eigenvalue weighted by Crippen LogP contribution is 2.29. The lowest BCUT2D eigenvalue weighted by atomic mass is 10.2. The molecule has 0 saturated heterocycles. The molecule has 0 atom stereocenters. The Balaban J connectivity index is 2.43. The minimum Gasteiger partial charge on any atom is -0.342 e. The van der Waals surface area contributed by atoms with Gasteiger partial charge >= 0.3 is 0 Å². The molecule has 0 aliphatic rings. The number of rotatable bonds is 0. The summed E-state index contributed by atoms with van der Waals surface area (Å²) in [7, 11) is 2.08. The summed E-state index contributed by atoms with van der Waals surface area (Å²) in [5, 5.41) is 10.5. The van der Waals surface area contributed by atoms with E-state index in [4.69, 9.17) is 0 Å². The molecule has 0 fully saturated rings. The standard InChI is InChI=1S/C13H10N4/c1-16-11-5-3-2-4-9(11)10-6-7-17-12(13(10)16)8-14-15-17/h2-8H,1H3. The van der Waals surface area contributed by atoms with Crippen molar-refractivity contribution in [2.75, 3.05) is 0 Å². The van der Waals surface area contributed by atoms with E-state index in [9.17, 15) is 0 Å². The molecule has 0 bridgehead atoms. The van der Waals surface area contributed by atoms with Crippen LogP contribution in [0.25, 0.3) is 27.3 Å². The lowest BCUT2D eigenvalue weighted by molar-refractivity contribution is 0.856. The fourth-order valence-corrected chi connectivity index (χ4v) is 2.57. The molecule has 0 aliphatic heterocycles. The number of benzene rings is 1. The van der Waals surface area contributed by atoms with Crippen LogP contribution in [0.3, 0.4) is 0 Å². The Bertz CT molecular complexity index is 854. The van der Waals surface area contributed by atoms with E-state index in [-0.39, 0.29) is 0 Å². The van der Waals surface area contributed by atoms with Gasteiger partial charge in [0, 0.05) is 29.5 Å². The summed E-state index contributed by atoms with van der Waals surface area (Å²) in [4.78, 5) is 0. The molecule has 4 aromatic rings. The third-order valence-electron chi connectivity index (χ3n) is 3.35. The molecule has 3 heterocycles. The molecule has 0 unspecified atom stereocenters. The minimum absolute atomic E-state index is 1.04. The molecule has 4 rings (SSSR count). The number of nitrogens with zero attached hydrogens (tertiary/aromatic N) is 4. The molecule has 4 heteroatoms. The maximum absolute atomic E-state index is 4.03. The second-order valence-electron chi connectivity index (χ2n) is 4.22. The largest absolute Gasteiger partial charge is 0.342 e. The van der Waals surface area contributed by atoms with Gasteiger partial charge in [0.15, 0.2) is 0 Å². The second kappa shape index (κ2) is 2.85. The molecular formula is C13H10N4.